The third-order valence-electron chi connectivity index (χ3n) is 4.43. The molecule has 0 spiro atoms. The quantitative estimate of drug-likeness (QED) is 0.827. The smallest absolute Gasteiger partial charge is 0.231 e. The number of likely N-dealkylation sites (N-methyl/N-ethyl adjacent to an activating group) is 1. The van der Waals surface area contributed by atoms with Gasteiger partial charge in [0.1, 0.15) is 5.82 Å². The highest BCUT2D eigenvalue weighted by Gasteiger charge is 2.17. The van der Waals surface area contributed by atoms with Crippen LogP contribution in [-0.2, 0) is 11.2 Å². The average molecular weight is 358 g/mol. The summed E-state index contributed by atoms with van der Waals surface area (Å²) in [5.41, 5.74) is 1.87. The van der Waals surface area contributed by atoms with Crippen molar-refractivity contribution in [3.05, 3.63) is 59.4 Å². The van der Waals surface area contributed by atoms with Crippen LogP contribution in [0.4, 0.5) is 4.39 Å². The second kappa shape index (κ2) is 8.19. The van der Waals surface area contributed by atoms with E-state index < -0.39 is 0 Å². The zero-order chi connectivity index (χ0) is 18.5. The fraction of sp³-hybridized carbons (Fsp3) is 0.350. The van der Waals surface area contributed by atoms with E-state index in [-0.39, 0.29) is 24.6 Å². The molecule has 1 heterocycles. The summed E-state index contributed by atoms with van der Waals surface area (Å²) in [6.07, 6.45) is 0.998. The number of hydrogen-bond acceptors (Lipinski definition) is 4. The van der Waals surface area contributed by atoms with E-state index in [0.717, 1.165) is 22.6 Å². The van der Waals surface area contributed by atoms with E-state index in [4.69, 9.17) is 9.47 Å². The molecule has 1 unspecified atom stereocenters. The van der Waals surface area contributed by atoms with Crippen molar-refractivity contribution in [1.82, 2.24) is 10.2 Å². The van der Waals surface area contributed by atoms with Crippen LogP contribution >= 0.6 is 0 Å². The minimum absolute atomic E-state index is 0.0362. The molecular formula is C20H23FN2O3. The van der Waals surface area contributed by atoms with Gasteiger partial charge in [0, 0.05) is 13.0 Å². The van der Waals surface area contributed by atoms with Crippen molar-refractivity contribution in [2.24, 2.45) is 0 Å². The molecule has 0 aromatic heterocycles. The van der Waals surface area contributed by atoms with Gasteiger partial charge in [-0.3, -0.25) is 4.79 Å². The van der Waals surface area contributed by atoms with Crippen LogP contribution in [0.3, 0.4) is 0 Å². The minimum atomic E-state index is -0.275. The van der Waals surface area contributed by atoms with Crippen LogP contribution in [0.25, 0.3) is 0 Å². The summed E-state index contributed by atoms with van der Waals surface area (Å²) in [5.74, 6) is 1.15. The van der Waals surface area contributed by atoms with E-state index in [2.05, 4.69) is 5.32 Å². The molecule has 0 radical (unpaired) electrons. The summed E-state index contributed by atoms with van der Waals surface area (Å²) in [6, 6.07) is 12.1. The number of carbonyl (C=O) groups is 1. The predicted octanol–water partition coefficient (Wildman–Crippen LogP) is 2.91. The molecule has 3 rings (SSSR count). The maximum absolute atomic E-state index is 13.5. The first-order valence-electron chi connectivity index (χ1n) is 8.60. The Morgan fingerprint density at radius 3 is 2.77 bits per heavy atom. The molecule has 0 bridgehead atoms. The summed E-state index contributed by atoms with van der Waals surface area (Å²) in [7, 11) is 3.82. The van der Waals surface area contributed by atoms with Gasteiger partial charge in [-0.25, -0.2) is 4.39 Å². The first kappa shape index (κ1) is 18.2. The summed E-state index contributed by atoms with van der Waals surface area (Å²) in [4.78, 5) is 14.2. The highest BCUT2D eigenvalue weighted by molar-refractivity contribution is 5.76. The standard InChI is InChI=1S/C20H23FN2O3/c1-23(2)17(15-4-3-5-16(21)11-15)12-22-20(24)9-7-14-6-8-18-19(10-14)26-13-25-18/h3-6,8,10-11,17H,7,9,12-13H2,1-2H3,(H,22,24). The fourth-order valence-corrected chi connectivity index (χ4v) is 2.97. The maximum Gasteiger partial charge on any atom is 0.231 e. The van der Waals surface area contributed by atoms with Crippen molar-refractivity contribution in [3.63, 3.8) is 0 Å². The highest BCUT2D eigenvalue weighted by atomic mass is 19.1. The van der Waals surface area contributed by atoms with E-state index in [9.17, 15) is 9.18 Å². The predicted molar refractivity (Wildman–Crippen MR) is 96.7 cm³/mol. The first-order chi connectivity index (χ1) is 12.5. The normalized spacial score (nSPS) is 13.7. The van der Waals surface area contributed by atoms with Crippen LogP contribution in [0.15, 0.2) is 42.5 Å². The third kappa shape index (κ3) is 4.52. The summed E-state index contributed by atoms with van der Waals surface area (Å²) in [6.45, 7) is 0.668. The van der Waals surface area contributed by atoms with Gasteiger partial charge in [0.25, 0.3) is 0 Å². The molecule has 5 nitrogen and oxygen atoms in total. The Kier molecular flexibility index (Phi) is 5.73. The summed E-state index contributed by atoms with van der Waals surface area (Å²) < 4.78 is 24.1. The van der Waals surface area contributed by atoms with Gasteiger partial charge in [0.15, 0.2) is 11.5 Å². The molecule has 138 valence electrons. The largest absolute Gasteiger partial charge is 0.454 e. The van der Waals surface area contributed by atoms with Gasteiger partial charge in [0.2, 0.25) is 12.7 Å². The Balaban J connectivity index is 1.52. The van der Waals surface area contributed by atoms with Crippen molar-refractivity contribution < 1.29 is 18.7 Å². The molecule has 1 N–H and O–H groups in total. The maximum atomic E-state index is 13.5. The van der Waals surface area contributed by atoms with Crippen LogP contribution in [0.1, 0.15) is 23.6 Å². The Morgan fingerprint density at radius 2 is 2.00 bits per heavy atom. The van der Waals surface area contributed by atoms with Gasteiger partial charge >= 0.3 is 0 Å². The summed E-state index contributed by atoms with van der Waals surface area (Å²) >= 11 is 0. The Hall–Kier alpha value is -2.60. The lowest BCUT2D eigenvalue weighted by molar-refractivity contribution is -0.121. The van der Waals surface area contributed by atoms with E-state index >= 15 is 0 Å². The zero-order valence-electron chi connectivity index (χ0n) is 15.0. The first-order valence-corrected chi connectivity index (χ1v) is 8.60. The number of amides is 1. The van der Waals surface area contributed by atoms with Gasteiger partial charge in [0.05, 0.1) is 6.04 Å². The minimum Gasteiger partial charge on any atom is -0.454 e. The number of nitrogens with zero attached hydrogens (tertiary/aromatic N) is 1. The molecule has 0 saturated carbocycles. The lowest BCUT2D eigenvalue weighted by atomic mass is 10.1. The van der Waals surface area contributed by atoms with Crippen LogP contribution in [0.2, 0.25) is 0 Å². The fourth-order valence-electron chi connectivity index (χ4n) is 2.97. The van der Waals surface area contributed by atoms with Crippen molar-refractivity contribution in [2.75, 3.05) is 27.4 Å². The van der Waals surface area contributed by atoms with Crippen molar-refractivity contribution in [2.45, 2.75) is 18.9 Å². The lowest BCUT2D eigenvalue weighted by Gasteiger charge is -2.25. The topological polar surface area (TPSA) is 50.8 Å². The second-order valence-electron chi connectivity index (χ2n) is 6.53. The van der Waals surface area contributed by atoms with E-state index in [1.807, 2.05) is 43.3 Å². The number of benzene rings is 2. The van der Waals surface area contributed by atoms with Gasteiger partial charge in [-0.2, -0.15) is 0 Å². The van der Waals surface area contributed by atoms with Crippen molar-refractivity contribution in [3.8, 4) is 11.5 Å². The molecule has 1 aliphatic heterocycles. The molecule has 1 atom stereocenters. The number of ether oxygens (including phenoxy) is 2. The molecule has 6 heteroatoms. The monoisotopic (exact) mass is 358 g/mol. The van der Waals surface area contributed by atoms with Crippen LogP contribution < -0.4 is 14.8 Å². The summed E-state index contributed by atoms with van der Waals surface area (Å²) in [5, 5.41) is 2.95. The lowest BCUT2D eigenvalue weighted by Crippen LogP contribution is -2.34. The number of halogens is 1. The Bertz CT molecular complexity index is 779. The third-order valence-corrected chi connectivity index (χ3v) is 4.43. The highest BCUT2D eigenvalue weighted by Crippen LogP contribution is 2.32. The van der Waals surface area contributed by atoms with Gasteiger partial charge in [-0.1, -0.05) is 18.2 Å². The molecule has 1 aliphatic rings. The Morgan fingerprint density at radius 1 is 1.19 bits per heavy atom. The Labute approximate surface area is 152 Å². The zero-order valence-corrected chi connectivity index (χ0v) is 15.0. The van der Waals surface area contributed by atoms with Crippen LogP contribution in [-0.4, -0.2) is 38.2 Å². The molecule has 1 amide bonds. The number of fused-ring (bicyclic) bond motifs is 1. The van der Waals surface area contributed by atoms with Gasteiger partial charge in [-0.15, -0.1) is 0 Å². The van der Waals surface area contributed by atoms with Crippen LogP contribution in [0.5, 0.6) is 11.5 Å². The molecule has 26 heavy (non-hydrogen) atoms. The number of rotatable bonds is 7. The van der Waals surface area contributed by atoms with E-state index in [1.54, 1.807) is 6.07 Å². The van der Waals surface area contributed by atoms with E-state index in [1.165, 1.54) is 12.1 Å². The second-order valence-corrected chi connectivity index (χ2v) is 6.53. The van der Waals surface area contributed by atoms with E-state index in [0.29, 0.717) is 19.4 Å². The number of carbonyl (C=O) groups excluding carboxylic acids is 1. The molecular weight excluding hydrogens is 335 g/mol. The van der Waals surface area contributed by atoms with Gasteiger partial charge < -0.3 is 19.7 Å². The van der Waals surface area contributed by atoms with Crippen LogP contribution in [0, 0.1) is 5.82 Å². The molecule has 0 fully saturated rings. The van der Waals surface area contributed by atoms with Crippen molar-refractivity contribution >= 4 is 5.91 Å². The number of hydrogen-bond donors (Lipinski definition) is 1. The average Bonchev–Trinajstić information content (AvgIpc) is 3.07. The van der Waals surface area contributed by atoms with Gasteiger partial charge in [-0.05, 0) is 55.9 Å². The molecule has 2 aromatic rings. The molecule has 2 aromatic carbocycles. The van der Waals surface area contributed by atoms with Crippen molar-refractivity contribution in [1.29, 1.82) is 0 Å². The SMILES string of the molecule is CN(C)C(CNC(=O)CCc1ccc2c(c1)OCO2)c1cccc(F)c1. The number of aryl methyl sites for hydroxylation is 1. The number of nitrogens with one attached hydrogen (secondary N) is 1. The molecule has 0 saturated heterocycles. The molecule has 0 aliphatic carbocycles.